The SMILES string of the molecule is CCCC(N)CC(=O)NC1CC(C)CC(C)C1. The summed E-state index contributed by atoms with van der Waals surface area (Å²) in [4.78, 5) is 11.8. The molecule has 1 rings (SSSR count). The van der Waals surface area contributed by atoms with Crippen LogP contribution < -0.4 is 11.1 Å². The predicted molar refractivity (Wildman–Crippen MR) is 71.6 cm³/mol. The summed E-state index contributed by atoms with van der Waals surface area (Å²) < 4.78 is 0. The molecule has 1 fully saturated rings. The van der Waals surface area contributed by atoms with Gasteiger partial charge in [0.1, 0.15) is 0 Å². The molecule has 0 spiro atoms. The molecule has 0 aliphatic heterocycles. The van der Waals surface area contributed by atoms with Gasteiger partial charge in [-0.15, -0.1) is 0 Å². The van der Waals surface area contributed by atoms with E-state index in [1.165, 1.54) is 6.42 Å². The van der Waals surface area contributed by atoms with Gasteiger partial charge in [-0.2, -0.15) is 0 Å². The summed E-state index contributed by atoms with van der Waals surface area (Å²) in [6.07, 6.45) is 6.00. The van der Waals surface area contributed by atoms with Gasteiger partial charge in [-0.1, -0.05) is 27.2 Å². The Morgan fingerprint density at radius 2 is 1.88 bits per heavy atom. The maximum atomic E-state index is 11.8. The first-order valence-corrected chi connectivity index (χ1v) is 7.06. The summed E-state index contributed by atoms with van der Waals surface area (Å²) in [5.41, 5.74) is 5.88. The van der Waals surface area contributed by atoms with Crippen molar-refractivity contribution in [3.8, 4) is 0 Å². The van der Waals surface area contributed by atoms with Crippen LogP contribution in [-0.2, 0) is 4.79 Å². The molecule has 0 aromatic carbocycles. The Morgan fingerprint density at radius 3 is 2.41 bits per heavy atom. The van der Waals surface area contributed by atoms with Gasteiger partial charge in [0.05, 0.1) is 0 Å². The zero-order valence-electron chi connectivity index (χ0n) is 11.5. The van der Waals surface area contributed by atoms with E-state index in [1.807, 2.05) is 0 Å². The first-order valence-electron chi connectivity index (χ1n) is 7.06. The van der Waals surface area contributed by atoms with Gasteiger partial charge in [0.15, 0.2) is 0 Å². The summed E-state index contributed by atoms with van der Waals surface area (Å²) in [6, 6.07) is 0.397. The van der Waals surface area contributed by atoms with Crippen molar-refractivity contribution in [1.29, 1.82) is 0 Å². The fourth-order valence-corrected chi connectivity index (χ4v) is 3.06. The van der Waals surface area contributed by atoms with Crippen molar-refractivity contribution in [2.75, 3.05) is 0 Å². The largest absolute Gasteiger partial charge is 0.353 e. The van der Waals surface area contributed by atoms with Crippen molar-refractivity contribution in [2.24, 2.45) is 17.6 Å². The van der Waals surface area contributed by atoms with Crippen molar-refractivity contribution >= 4 is 5.91 Å². The number of nitrogens with one attached hydrogen (secondary N) is 1. The highest BCUT2D eigenvalue weighted by molar-refractivity contribution is 5.76. The molecule has 1 aliphatic carbocycles. The quantitative estimate of drug-likeness (QED) is 0.775. The van der Waals surface area contributed by atoms with Crippen LogP contribution in [0.2, 0.25) is 0 Å². The molecule has 1 amide bonds. The highest BCUT2D eigenvalue weighted by atomic mass is 16.1. The molecule has 0 aromatic rings. The van der Waals surface area contributed by atoms with Gasteiger partial charge in [0.2, 0.25) is 5.91 Å². The Morgan fingerprint density at radius 1 is 1.29 bits per heavy atom. The minimum absolute atomic E-state index is 0.0263. The fourth-order valence-electron chi connectivity index (χ4n) is 3.06. The Hall–Kier alpha value is -0.570. The molecule has 1 aliphatic rings. The smallest absolute Gasteiger partial charge is 0.221 e. The van der Waals surface area contributed by atoms with Crippen molar-refractivity contribution in [3.63, 3.8) is 0 Å². The normalized spacial score (nSPS) is 30.9. The second-order valence-corrected chi connectivity index (χ2v) is 5.93. The van der Waals surface area contributed by atoms with Gasteiger partial charge in [-0.3, -0.25) is 4.79 Å². The Kier molecular flexibility index (Phi) is 5.96. The lowest BCUT2D eigenvalue weighted by Crippen LogP contribution is -2.42. The highest BCUT2D eigenvalue weighted by Crippen LogP contribution is 2.28. The summed E-state index contributed by atoms with van der Waals surface area (Å²) in [6.45, 7) is 6.65. The average molecular weight is 240 g/mol. The molecule has 0 radical (unpaired) electrons. The highest BCUT2D eigenvalue weighted by Gasteiger charge is 2.25. The second-order valence-electron chi connectivity index (χ2n) is 5.93. The number of hydrogen-bond acceptors (Lipinski definition) is 2. The van der Waals surface area contributed by atoms with Crippen LogP contribution in [-0.4, -0.2) is 18.0 Å². The van der Waals surface area contributed by atoms with Crippen LogP contribution in [0.25, 0.3) is 0 Å². The van der Waals surface area contributed by atoms with E-state index in [0.717, 1.165) is 37.5 Å². The predicted octanol–water partition coefficient (Wildman–Crippen LogP) is 2.44. The minimum atomic E-state index is 0.0263. The van der Waals surface area contributed by atoms with E-state index in [4.69, 9.17) is 5.73 Å². The number of amides is 1. The van der Waals surface area contributed by atoms with Gasteiger partial charge in [-0.05, 0) is 37.5 Å². The van der Waals surface area contributed by atoms with Crippen LogP contribution in [0.15, 0.2) is 0 Å². The van der Waals surface area contributed by atoms with E-state index in [0.29, 0.717) is 12.5 Å². The molecule has 17 heavy (non-hydrogen) atoms. The van der Waals surface area contributed by atoms with Crippen molar-refractivity contribution in [3.05, 3.63) is 0 Å². The Labute approximate surface area is 106 Å². The van der Waals surface area contributed by atoms with Crippen LogP contribution in [0, 0.1) is 11.8 Å². The number of nitrogens with two attached hydrogens (primary N) is 1. The maximum Gasteiger partial charge on any atom is 0.221 e. The molecule has 3 N–H and O–H groups in total. The molecule has 0 aromatic heterocycles. The number of carbonyl (C=O) groups is 1. The van der Waals surface area contributed by atoms with E-state index in [2.05, 4.69) is 26.1 Å². The lowest BCUT2D eigenvalue weighted by Gasteiger charge is -2.32. The Balaban J connectivity index is 2.30. The van der Waals surface area contributed by atoms with Crippen LogP contribution in [0.1, 0.15) is 59.3 Å². The molecule has 100 valence electrons. The molecule has 1 saturated carbocycles. The van der Waals surface area contributed by atoms with Gasteiger partial charge in [0.25, 0.3) is 0 Å². The zero-order chi connectivity index (χ0) is 12.8. The van der Waals surface area contributed by atoms with Gasteiger partial charge in [-0.25, -0.2) is 0 Å². The molecule has 3 atom stereocenters. The summed E-state index contributed by atoms with van der Waals surface area (Å²) in [5, 5.41) is 3.15. The lowest BCUT2D eigenvalue weighted by molar-refractivity contribution is -0.122. The van der Waals surface area contributed by atoms with Gasteiger partial charge in [0, 0.05) is 18.5 Å². The first kappa shape index (κ1) is 14.5. The van der Waals surface area contributed by atoms with E-state index in [-0.39, 0.29) is 11.9 Å². The fraction of sp³-hybridized carbons (Fsp3) is 0.929. The average Bonchev–Trinajstić information content (AvgIpc) is 2.14. The molecule has 0 heterocycles. The van der Waals surface area contributed by atoms with Gasteiger partial charge >= 0.3 is 0 Å². The van der Waals surface area contributed by atoms with Crippen molar-refractivity contribution in [1.82, 2.24) is 5.32 Å². The molecule has 0 bridgehead atoms. The number of hydrogen-bond donors (Lipinski definition) is 2. The number of carbonyl (C=O) groups excluding carboxylic acids is 1. The molecular weight excluding hydrogens is 212 g/mol. The molecular formula is C14H28N2O. The lowest BCUT2D eigenvalue weighted by atomic mass is 9.80. The van der Waals surface area contributed by atoms with E-state index in [9.17, 15) is 4.79 Å². The minimum Gasteiger partial charge on any atom is -0.353 e. The third-order valence-electron chi connectivity index (χ3n) is 3.65. The molecule has 0 saturated heterocycles. The standard InChI is InChI=1S/C14H28N2O/c1-4-5-12(15)9-14(17)16-13-7-10(2)6-11(3)8-13/h10-13H,4-9,15H2,1-3H3,(H,16,17). The first-order chi connectivity index (χ1) is 8.01. The van der Waals surface area contributed by atoms with Gasteiger partial charge < -0.3 is 11.1 Å². The third kappa shape index (κ3) is 5.53. The van der Waals surface area contributed by atoms with E-state index in [1.54, 1.807) is 0 Å². The van der Waals surface area contributed by atoms with Crippen LogP contribution >= 0.6 is 0 Å². The summed E-state index contributed by atoms with van der Waals surface area (Å²) in [5.74, 6) is 1.60. The van der Waals surface area contributed by atoms with Crippen LogP contribution in [0.5, 0.6) is 0 Å². The van der Waals surface area contributed by atoms with Crippen molar-refractivity contribution in [2.45, 2.75) is 71.4 Å². The van der Waals surface area contributed by atoms with E-state index >= 15 is 0 Å². The van der Waals surface area contributed by atoms with Crippen LogP contribution in [0.3, 0.4) is 0 Å². The number of rotatable bonds is 5. The molecule has 3 nitrogen and oxygen atoms in total. The zero-order valence-corrected chi connectivity index (χ0v) is 11.5. The van der Waals surface area contributed by atoms with Crippen molar-refractivity contribution < 1.29 is 4.79 Å². The summed E-state index contributed by atoms with van der Waals surface area (Å²) in [7, 11) is 0. The van der Waals surface area contributed by atoms with E-state index < -0.39 is 0 Å². The third-order valence-corrected chi connectivity index (χ3v) is 3.65. The maximum absolute atomic E-state index is 11.8. The Bertz CT molecular complexity index is 232. The monoisotopic (exact) mass is 240 g/mol. The molecule has 3 unspecified atom stereocenters. The van der Waals surface area contributed by atoms with Crippen LogP contribution in [0.4, 0.5) is 0 Å². The molecule has 3 heteroatoms. The second kappa shape index (κ2) is 7.00. The summed E-state index contributed by atoms with van der Waals surface area (Å²) >= 11 is 0. The topological polar surface area (TPSA) is 55.1 Å².